The SMILES string of the molecule is CC/C=C/C/C=C/C/C=C/C/C=C/CCCC(CC(=O)NC(CO)C(O)CCCCCCCCCCCCCCCC)OC(=O)CCCCCCCCCCCCCCCCCCC. The summed E-state index contributed by atoms with van der Waals surface area (Å²) in [4.78, 5) is 26.2. The summed E-state index contributed by atoms with van der Waals surface area (Å²) in [6, 6.07) is -0.717. The normalized spacial score (nSPS) is 13.5. The van der Waals surface area contributed by atoms with E-state index in [0.717, 1.165) is 77.0 Å². The van der Waals surface area contributed by atoms with Gasteiger partial charge < -0.3 is 20.3 Å². The fraction of sp³-hybridized carbons (Fsp3) is 0.828. The molecule has 3 N–H and O–H groups in total. The lowest BCUT2D eigenvalue weighted by atomic mass is 10.0. The highest BCUT2D eigenvalue weighted by atomic mass is 16.5. The van der Waals surface area contributed by atoms with E-state index in [9.17, 15) is 19.8 Å². The van der Waals surface area contributed by atoms with Gasteiger partial charge in [0.15, 0.2) is 0 Å². The predicted octanol–water partition coefficient (Wildman–Crippen LogP) is 17.0. The third-order valence-electron chi connectivity index (χ3n) is 12.7. The zero-order valence-electron chi connectivity index (χ0n) is 42.7. The maximum absolute atomic E-state index is 13.2. The number of amides is 1. The molecule has 0 aliphatic carbocycles. The number of ether oxygens (including phenoxy) is 1. The number of aliphatic hydroxyl groups excluding tert-OH is 2. The van der Waals surface area contributed by atoms with Crippen LogP contribution in [0.4, 0.5) is 0 Å². The number of allylic oxidation sites excluding steroid dienone is 8. The summed E-state index contributed by atoms with van der Waals surface area (Å²) in [5.74, 6) is -0.516. The van der Waals surface area contributed by atoms with Gasteiger partial charge in [-0.05, 0) is 57.8 Å². The second-order valence-corrected chi connectivity index (χ2v) is 19.0. The Labute approximate surface area is 397 Å². The first kappa shape index (κ1) is 61.8. The Morgan fingerprint density at radius 2 is 0.844 bits per heavy atom. The molecule has 0 aromatic heterocycles. The van der Waals surface area contributed by atoms with Gasteiger partial charge in [0, 0.05) is 6.42 Å². The van der Waals surface area contributed by atoms with Crippen LogP contribution in [0.5, 0.6) is 0 Å². The van der Waals surface area contributed by atoms with Crippen LogP contribution >= 0.6 is 0 Å². The maximum atomic E-state index is 13.2. The molecule has 0 radical (unpaired) electrons. The van der Waals surface area contributed by atoms with E-state index in [1.54, 1.807) is 0 Å². The molecule has 0 rings (SSSR count). The highest BCUT2D eigenvalue weighted by Gasteiger charge is 2.24. The smallest absolute Gasteiger partial charge is 0.306 e. The van der Waals surface area contributed by atoms with Crippen molar-refractivity contribution in [3.05, 3.63) is 48.6 Å². The molecular weight excluding hydrogens is 791 g/mol. The van der Waals surface area contributed by atoms with Crippen molar-refractivity contribution < 1.29 is 24.5 Å². The monoisotopic (exact) mass is 898 g/mol. The first-order valence-electron chi connectivity index (χ1n) is 27.9. The van der Waals surface area contributed by atoms with E-state index in [-0.39, 0.29) is 24.9 Å². The summed E-state index contributed by atoms with van der Waals surface area (Å²) in [5.41, 5.74) is 0. The molecule has 6 heteroatoms. The van der Waals surface area contributed by atoms with E-state index in [1.165, 1.54) is 161 Å². The number of rotatable bonds is 50. The van der Waals surface area contributed by atoms with E-state index in [4.69, 9.17) is 4.74 Å². The molecule has 0 heterocycles. The fourth-order valence-electron chi connectivity index (χ4n) is 8.49. The maximum Gasteiger partial charge on any atom is 0.306 e. The van der Waals surface area contributed by atoms with Gasteiger partial charge in [-0.2, -0.15) is 0 Å². The Morgan fingerprint density at radius 1 is 0.469 bits per heavy atom. The summed E-state index contributed by atoms with van der Waals surface area (Å²) in [6.07, 6.45) is 63.2. The molecular formula is C58H107NO5. The molecule has 0 aromatic carbocycles. The second kappa shape index (κ2) is 51.8. The minimum Gasteiger partial charge on any atom is -0.462 e. The number of hydrogen-bond acceptors (Lipinski definition) is 5. The van der Waals surface area contributed by atoms with Crippen molar-refractivity contribution >= 4 is 11.9 Å². The molecule has 374 valence electrons. The minimum absolute atomic E-state index is 0.0427. The standard InChI is InChI=1S/C58H107NO5/c1-4-7-10-13-16-19-22-25-28-29-30-33-36-39-42-45-48-51-58(63)64-54(49-46-43-40-37-34-31-26-23-20-17-14-11-8-5-2)52-57(62)59-55(53-60)56(61)50-47-44-41-38-35-32-27-24-21-18-15-12-9-6-3/h8,11,17,20,26,31,37,40,54-56,60-61H,4-7,9-10,12-16,18-19,21-25,27-30,32-36,38-39,41-53H2,1-3H3,(H,59,62)/b11-8+,20-17+,31-26+,40-37+. The quantitative estimate of drug-likeness (QED) is 0.0321. The van der Waals surface area contributed by atoms with Crippen molar-refractivity contribution in [3.8, 4) is 0 Å². The fourth-order valence-corrected chi connectivity index (χ4v) is 8.49. The summed E-state index contributed by atoms with van der Waals surface area (Å²) in [6.45, 7) is 6.38. The van der Waals surface area contributed by atoms with Crippen molar-refractivity contribution in [2.24, 2.45) is 0 Å². The number of hydrogen-bond donors (Lipinski definition) is 3. The largest absolute Gasteiger partial charge is 0.462 e. The third kappa shape index (κ3) is 46.4. The van der Waals surface area contributed by atoms with Crippen LogP contribution in [0.1, 0.15) is 284 Å². The van der Waals surface area contributed by atoms with Gasteiger partial charge in [0.2, 0.25) is 5.91 Å². The molecule has 3 atom stereocenters. The molecule has 0 saturated heterocycles. The molecule has 6 nitrogen and oxygen atoms in total. The molecule has 64 heavy (non-hydrogen) atoms. The summed E-state index contributed by atoms with van der Waals surface area (Å²) >= 11 is 0. The Balaban J connectivity index is 4.59. The Hall–Kier alpha value is -2.18. The number of unbranched alkanes of at least 4 members (excludes halogenated alkanes) is 30. The molecule has 0 spiro atoms. The topological polar surface area (TPSA) is 95.9 Å². The Bertz CT molecular complexity index is 1100. The molecule has 1 amide bonds. The van der Waals surface area contributed by atoms with Crippen LogP contribution in [0, 0.1) is 0 Å². The predicted molar refractivity (Wildman–Crippen MR) is 278 cm³/mol. The van der Waals surface area contributed by atoms with Crippen molar-refractivity contribution in [3.63, 3.8) is 0 Å². The lowest BCUT2D eigenvalue weighted by Gasteiger charge is -2.24. The van der Waals surface area contributed by atoms with Crippen LogP contribution < -0.4 is 5.32 Å². The van der Waals surface area contributed by atoms with Gasteiger partial charge in [0.05, 0.1) is 25.2 Å². The van der Waals surface area contributed by atoms with Gasteiger partial charge in [0.25, 0.3) is 0 Å². The molecule has 0 aliphatic heterocycles. The zero-order chi connectivity index (χ0) is 46.7. The number of carbonyl (C=O) groups is 2. The van der Waals surface area contributed by atoms with E-state index in [1.807, 2.05) is 0 Å². The number of esters is 1. The second-order valence-electron chi connectivity index (χ2n) is 19.0. The molecule has 0 fully saturated rings. The highest BCUT2D eigenvalue weighted by molar-refractivity contribution is 5.77. The van der Waals surface area contributed by atoms with Crippen LogP contribution in [-0.2, 0) is 14.3 Å². The lowest BCUT2D eigenvalue weighted by Crippen LogP contribution is -2.46. The number of carbonyl (C=O) groups excluding carboxylic acids is 2. The zero-order valence-corrected chi connectivity index (χ0v) is 42.7. The van der Waals surface area contributed by atoms with Crippen molar-refractivity contribution in [1.29, 1.82) is 0 Å². The van der Waals surface area contributed by atoms with Crippen LogP contribution in [0.25, 0.3) is 0 Å². The Kier molecular flexibility index (Phi) is 50.0. The van der Waals surface area contributed by atoms with Gasteiger partial charge >= 0.3 is 5.97 Å². The molecule has 0 bridgehead atoms. The van der Waals surface area contributed by atoms with Gasteiger partial charge in [-0.25, -0.2) is 0 Å². The third-order valence-corrected chi connectivity index (χ3v) is 12.7. The van der Waals surface area contributed by atoms with Crippen LogP contribution in [0.2, 0.25) is 0 Å². The van der Waals surface area contributed by atoms with Gasteiger partial charge in [-0.3, -0.25) is 9.59 Å². The van der Waals surface area contributed by atoms with Crippen LogP contribution in [0.15, 0.2) is 48.6 Å². The van der Waals surface area contributed by atoms with Crippen molar-refractivity contribution in [2.75, 3.05) is 6.61 Å². The minimum atomic E-state index is -0.801. The molecule has 0 saturated carbocycles. The average Bonchev–Trinajstić information content (AvgIpc) is 3.29. The highest BCUT2D eigenvalue weighted by Crippen LogP contribution is 2.18. The first-order chi connectivity index (χ1) is 31.5. The van der Waals surface area contributed by atoms with Crippen LogP contribution in [0.3, 0.4) is 0 Å². The van der Waals surface area contributed by atoms with Gasteiger partial charge in [-0.1, -0.05) is 262 Å². The van der Waals surface area contributed by atoms with Gasteiger partial charge in [0.1, 0.15) is 6.10 Å². The van der Waals surface area contributed by atoms with E-state index >= 15 is 0 Å². The first-order valence-corrected chi connectivity index (χ1v) is 27.9. The molecule has 0 aliphatic rings. The molecule has 0 aromatic rings. The summed E-state index contributed by atoms with van der Waals surface area (Å²) < 4.78 is 5.93. The van der Waals surface area contributed by atoms with E-state index in [2.05, 4.69) is 74.7 Å². The van der Waals surface area contributed by atoms with E-state index in [0.29, 0.717) is 19.3 Å². The number of nitrogens with one attached hydrogen (secondary N) is 1. The van der Waals surface area contributed by atoms with Crippen LogP contribution in [-0.4, -0.2) is 46.9 Å². The van der Waals surface area contributed by atoms with Crippen molar-refractivity contribution in [1.82, 2.24) is 5.32 Å². The summed E-state index contributed by atoms with van der Waals surface area (Å²) in [7, 11) is 0. The summed E-state index contributed by atoms with van der Waals surface area (Å²) in [5, 5.41) is 23.8. The molecule has 3 unspecified atom stereocenters. The van der Waals surface area contributed by atoms with Gasteiger partial charge in [-0.15, -0.1) is 0 Å². The van der Waals surface area contributed by atoms with E-state index < -0.39 is 18.2 Å². The Morgan fingerprint density at radius 3 is 1.25 bits per heavy atom. The lowest BCUT2D eigenvalue weighted by molar-refractivity contribution is -0.151. The number of aliphatic hydroxyl groups is 2. The van der Waals surface area contributed by atoms with Crippen molar-refractivity contribution in [2.45, 2.75) is 302 Å². The average molecular weight is 898 g/mol.